The normalized spacial score (nSPS) is 22.6. The zero-order chi connectivity index (χ0) is 8.53. The summed E-state index contributed by atoms with van der Waals surface area (Å²) in [7, 11) is 0. The summed E-state index contributed by atoms with van der Waals surface area (Å²) < 4.78 is 10.4. The number of rotatable bonds is 3. The lowest BCUT2D eigenvalue weighted by molar-refractivity contribution is 0.0987. The fourth-order valence-corrected chi connectivity index (χ4v) is 0.999. The Balaban J connectivity index is 0.000000461. The van der Waals surface area contributed by atoms with Gasteiger partial charge in [-0.1, -0.05) is 13.8 Å². The van der Waals surface area contributed by atoms with E-state index in [0.29, 0.717) is 5.92 Å². The lowest BCUT2D eigenvalue weighted by atomic mass is 10.1. The molecule has 1 aliphatic heterocycles. The first-order valence-corrected chi connectivity index (χ1v) is 4.59. The van der Waals surface area contributed by atoms with Gasteiger partial charge in [0.25, 0.3) is 0 Å². The van der Waals surface area contributed by atoms with Crippen LogP contribution in [0.3, 0.4) is 0 Å². The zero-order valence-corrected chi connectivity index (χ0v) is 7.93. The van der Waals surface area contributed by atoms with Crippen LogP contribution in [0.4, 0.5) is 0 Å². The molecule has 1 heterocycles. The van der Waals surface area contributed by atoms with Crippen LogP contribution in [0.15, 0.2) is 0 Å². The fraction of sp³-hybridized carbons (Fsp3) is 1.00. The molecule has 1 rings (SSSR count). The van der Waals surface area contributed by atoms with Gasteiger partial charge in [0.2, 0.25) is 0 Å². The summed E-state index contributed by atoms with van der Waals surface area (Å²) in [6, 6.07) is 0. The van der Waals surface area contributed by atoms with Crippen molar-refractivity contribution >= 4 is 0 Å². The second-order valence-corrected chi connectivity index (χ2v) is 2.39. The van der Waals surface area contributed by atoms with E-state index in [2.05, 4.69) is 0 Å². The van der Waals surface area contributed by atoms with E-state index in [-0.39, 0.29) is 0 Å². The van der Waals surface area contributed by atoms with Crippen LogP contribution in [0.25, 0.3) is 0 Å². The first-order chi connectivity index (χ1) is 5.43. The van der Waals surface area contributed by atoms with Crippen molar-refractivity contribution in [1.82, 2.24) is 0 Å². The van der Waals surface area contributed by atoms with Gasteiger partial charge in [-0.05, 0) is 13.3 Å². The van der Waals surface area contributed by atoms with Crippen molar-refractivity contribution in [2.24, 2.45) is 5.92 Å². The van der Waals surface area contributed by atoms with Crippen LogP contribution in [0.1, 0.15) is 27.2 Å². The zero-order valence-electron chi connectivity index (χ0n) is 7.93. The minimum Gasteiger partial charge on any atom is -0.381 e. The molecule has 1 saturated heterocycles. The maximum atomic E-state index is 5.24. The van der Waals surface area contributed by atoms with Gasteiger partial charge < -0.3 is 9.47 Å². The van der Waals surface area contributed by atoms with Gasteiger partial charge in [-0.2, -0.15) is 0 Å². The molecule has 1 aliphatic rings. The van der Waals surface area contributed by atoms with E-state index < -0.39 is 0 Å². The van der Waals surface area contributed by atoms with E-state index in [4.69, 9.17) is 9.47 Å². The highest BCUT2D eigenvalue weighted by atomic mass is 16.5. The Morgan fingerprint density at radius 3 is 2.64 bits per heavy atom. The van der Waals surface area contributed by atoms with E-state index in [1.54, 1.807) is 0 Å². The molecule has 0 N–H and O–H groups in total. The van der Waals surface area contributed by atoms with Crippen LogP contribution in [-0.2, 0) is 9.47 Å². The third kappa shape index (κ3) is 5.22. The fourth-order valence-electron chi connectivity index (χ4n) is 0.999. The minimum absolute atomic E-state index is 0.671. The number of ether oxygens (including phenoxy) is 2. The summed E-state index contributed by atoms with van der Waals surface area (Å²) in [6.45, 7) is 9.57. The Bertz CT molecular complexity index is 68.0. The molecule has 0 radical (unpaired) electrons. The summed E-state index contributed by atoms with van der Waals surface area (Å²) in [5.74, 6) is 0.671. The SMILES string of the molecule is CC.CCOCC1CCOC1. The quantitative estimate of drug-likeness (QED) is 0.629. The molecule has 0 aromatic heterocycles. The molecule has 0 saturated carbocycles. The summed E-state index contributed by atoms with van der Waals surface area (Å²) in [5, 5.41) is 0. The van der Waals surface area contributed by atoms with Gasteiger partial charge in [0.1, 0.15) is 0 Å². The van der Waals surface area contributed by atoms with Gasteiger partial charge in [0, 0.05) is 19.1 Å². The van der Waals surface area contributed by atoms with Crippen LogP contribution in [0.5, 0.6) is 0 Å². The first kappa shape index (κ1) is 10.9. The Labute approximate surface area is 69.9 Å². The second kappa shape index (κ2) is 8.02. The highest BCUT2D eigenvalue weighted by molar-refractivity contribution is 4.62. The third-order valence-electron chi connectivity index (χ3n) is 1.58. The van der Waals surface area contributed by atoms with E-state index in [0.717, 1.165) is 26.4 Å². The van der Waals surface area contributed by atoms with Gasteiger partial charge in [0.15, 0.2) is 0 Å². The molecule has 0 amide bonds. The van der Waals surface area contributed by atoms with Gasteiger partial charge >= 0.3 is 0 Å². The Morgan fingerprint density at radius 1 is 1.45 bits per heavy atom. The second-order valence-electron chi connectivity index (χ2n) is 2.39. The molecule has 2 heteroatoms. The van der Waals surface area contributed by atoms with Crippen molar-refractivity contribution in [1.29, 1.82) is 0 Å². The monoisotopic (exact) mass is 160 g/mol. The smallest absolute Gasteiger partial charge is 0.0517 e. The Hall–Kier alpha value is -0.0800. The van der Waals surface area contributed by atoms with E-state index in [1.165, 1.54) is 6.42 Å². The molecule has 1 fully saturated rings. The number of hydrogen-bond acceptors (Lipinski definition) is 2. The van der Waals surface area contributed by atoms with E-state index >= 15 is 0 Å². The Kier molecular flexibility index (Phi) is 7.96. The molecule has 0 spiro atoms. The molecular formula is C9H20O2. The predicted octanol–water partition coefficient (Wildman–Crippen LogP) is 2.09. The van der Waals surface area contributed by atoms with E-state index in [9.17, 15) is 0 Å². The summed E-state index contributed by atoms with van der Waals surface area (Å²) in [5.41, 5.74) is 0. The maximum Gasteiger partial charge on any atom is 0.0517 e. The van der Waals surface area contributed by atoms with Crippen molar-refractivity contribution in [3.8, 4) is 0 Å². The highest BCUT2D eigenvalue weighted by Gasteiger charge is 2.14. The average molecular weight is 160 g/mol. The molecule has 1 unspecified atom stereocenters. The van der Waals surface area contributed by atoms with Crippen molar-refractivity contribution in [2.45, 2.75) is 27.2 Å². The van der Waals surface area contributed by atoms with Crippen LogP contribution in [-0.4, -0.2) is 26.4 Å². The molecule has 0 bridgehead atoms. The molecule has 2 nitrogen and oxygen atoms in total. The molecular weight excluding hydrogens is 140 g/mol. The lowest BCUT2D eigenvalue weighted by Gasteiger charge is -2.05. The largest absolute Gasteiger partial charge is 0.381 e. The van der Waals surface area contributed by atoms with E-state index in [1.807, 2.05) is 20.8 Å². The molecule has 0 aliphatic carbocycles. The van der Waals surface area contributed by atoms with Gasteiger partial charge in [-0.3, -0.25) is 0 Å². The average Bonchev–Trinajstić information content (AvgIpc) is 2.57. The summed E-state index contributed by atoms with van der Waals surface area (Å²) in [6.07, 6.45) is 1.18. The van der Waals surface area contributed by atoms with Gasteiger partial charge in [-0.25, -0.2) is 0 Å². The lowest BCUT2D eigenvalue weighted by Crippen LogP contribution is -2.08. The maximum absolute atomic E-state index is 5.24. The van der Waals surface area contributed by atoms with Gasteiger partial charge in [0.05, 0.1) is 13.2 Å². The van der Waals surface area contributed by atoms with Crippen molar-refractivity contribution < 1.29 is 9.47 Å². The molecule has 11 heavy (non-hydrogen) atoms. The standard InChI is InChI=1S/C7H14O2.C2H6/c1-2-8-5-7-3-4-9-6-7;1-2/h7H,2-6H2,1H3;1-2H3. The van der Waals surface area contributed by atoms with Crippen molar-refractivity contribution in [3.63, 3.8) is 0 Å². The minimum atomic E-state index is 0.671. The van der Waals surface area contributed by atoms with Crippen LogP contribution >= 0.6 is 0 Å². The van der Waals surface area contributed by atoms with Crippen LogP contribution < -0.4 is 0 Å². The highest BCUT2D eigenvalue weighted by Crippen LogP contribution is 2.11. The number of hydrogen-bond donors (Lipinski definition) is 0. The van der Waals surface area contributed by atoms with Crippen LogP contribution in [0.2, 0.25) is 0 Å². The molecule has 1 atom stereocenters. The van der Waals surface area contributed by atoms with Gasteiger partial charge in [-0.15, -0.1) is 0 Å². The molecule has 68 valence electrons. The summed E-state index contributed by atoms with van der Waals surface area (Å²) in [4.78, 5) is 0. The third-order valence-corrected chi connectivity index (χ3v) is 1.58. The summed E-state index contributed by atoms with van der Waals surface area (Å²) >= 11 is 0. The molecule has 0 aromatic rings. The van der Waals surface area contributed by atoms with Crippen molar-refractivity contribution in [2.75, 3.05) is 26.4 Å². The molecule has 0 aromatic carbocycles. The Morgan fingerprint density at radius 2 is 2.18 bits per heavy atom. The van der Waals surface area contributed by atoms with Crippen LogP contribution in [0, 0.1) is 5.92 Å². The topological polar surface area (TPSA) is 18.5 Å². The van der Waals surface area contributed by atoms with Crippen molar-refractivity contribution in [3.05, 3.63) is 0 Å². The first-order valence-electron chi connectivity index (χ1n) is 4.59. The predicted molar refractivity (Wildman–Crippen MR) is 46.8 cm³/mol.